The van der Waals surface area contributed by atoms with Crippen molar-refractivity contribution in [2.75, 3.05) is 34.4 Å². The van der Waals surface area contributed by atoms with Gasteiger partial charge in [0, 0.05) is 0 Å². The van der Waals surface area contributed by atoms with Gasteiger partial charge in [0.15, 0.2) is 11.5 Å². The number of hydrogen-bond acceptors (Lipinski definition) is 6. The molecule has 33 heavy (non-hydrogen) atoms. The number of unbranched alkanes of at least 4 members (excludes halogenated alkanes) is 1. The third kappa shape index (κ3) is 6.72. The Morgan fingerprint density at radius 3 is 2.42 bits per heavy atom. The summed E-state index contributed by atoms with van der Waals surface area (Å²) in [6.45, 7) is 5.90. The molecule has 0 aliphatic heterocycles. The van der Waals surface area contributed by atoms with Crippen molar-refractivity contribution in [3.05, 3.63) is 59.2 Å². The number of nitrogens with one attached hydrogen (secondary N) is 1. The van der Waals surface area contributed by atoms with Gasteiger partial charge in [0.2, 0.25) is 0 Å². The van der Waals surface area contributed by atoms with Crippen molar-refractivity contribution in [2.24, 2.45) is 5.92 Å². The molecule has 0 radical (unpaired) electrons. The summed E-state index contributed by atoms with van der Waals surface area (Å²) in [7, 11) is 4.62. The van der Waals surface area contributed by atoms with E-state index in [0.29, 0.717) is 17.1 Å². The highest BCUT2D eigenvalue weighted by molar-refractivity contribution is 5.89. The molecule has 178 valence electrons. The van der Waals surface area contributed by atoms with Crippen molar-refractivity contribution in [2.45, 2.75) is 44.9 Å². The molecule has 0 heterocycles. The molecule has 0 saturated heterocycles. The van der Waals surface area contributed by atoms with Crippen LogP contribution in [-0.2, 0) is 16.6 Å². The van der Waals surface area contributed by atoms with Crippen molar-refractivity contribution in [3.63, 3.8) is 0 Å². The zero-order valence-corrected chi connectivity index (χ0v) is 20.4. The van der Waals surface area contributed by atoms with Crippen LogP contribution in [0.4, 0.5) is 0 Å². The molecular formula is C27H36N2O4. The van der Waals surface area contributed by atoms with E-state index in [1.807, 2.05) is 36.4 Å². The Morgan fingerprint density at radius 1 is 1.03 bits per heavy atom. The molecule has 6 nitrogen and oxygen atoms in total. The van der Waals surface area contributed by atoms with Crippen LogP contribution in [0, 0.1) is 17.2 Å². The number of nitrogens with zero attached hydrogens (tertiary/aromatic N) is 1. The highest BCUT2D eigenvalue weighted by Crippen LogP contribution is 2.40. The van der Waals surface area contributed by atoms with Crippen LogP contribution in [0.3, 0.4) is 0 Å². The van der Waals surface area contributed by atoms with Crippen molar-refractivity contribution in [1.82, 2.24) is 5.32 Å². The number of carbonyl (C=O) groups is 1. The Morgan fingerprint density at radius 2 is 1.79 bits per heavy atom. The van der Waals surface area contributed by atoms with Gasteiger partial charge in [0.05, 0.1) is 38.4 Å². The second kappa shape index (κ2) is 12.9. The van der Waals surface area contributed by atoms with Crippen LogP contribution in [0.1, 0.15) is 54.6 Å². The van der Waals surface area contributed by atoms with E-state index in [9.17, 15) is 10.1 Å². The molecule has 2 aromatic carbocycles. The van der Waals surface area contributed by atoms with Crippen LogP contribution >= 0.6 is 0 Å². The Bertz CT molecular complexity index is 951. The number of methoxy groups -OCH3 is 3. The number of esters is 1. The largest absolute Gasteiger partial charge is 0.493 e. The van der Waals surface area contributed by atoms with Crippen LogP contribution in [0.5, 0.6) is 11.5 Å². The summed E-state index contributed by atoms with van der Waals surface area (Å²) >= 11 is 0. The van der Waals surface area contributed by atoms with Crippen molar-refractivity contribution in [3.8, 4) is 17.6 Å². The van der Waals surface area contributed by atoms with Gasteiger partial charge in [-0.15, -0.1) is 0 Å². The molecule has 0 fully saturated rings. The molecule has 0 aromatic heterocycles. The zero-order chi connectivity index (χ0) is 24.3. The molecule has 0 aliphatic rings. The first-order chi connectivity index (χ1) is 15.9. The molecular weight excluding hydrogens is 416 g/mol. The topological polar surface area (TPSA) is 80.6 Å². The van der Waals surface area contributed by atoms with E-state index in [1.54, 1.807) is 20.3 Å². The quantitative estimate of drug-likeness (QED) is 0.344. The van der Waals surface area contributed by atoms with Gasteiger partial charge >= 0.3 is 5.97 Å². The van der Waals surface area contributed by atoms with Gasteiger partial charge in [-0.05, 0) is 73.7 Å². The molecule has 0 amide bonds. The fourth-order valence-electron chi connectivity index (χ4n) is 4.11. The predicted molar refractivity (Wildman–Crippen MR) is 130 cm³/mol. The van der Waals surface area contributed by atoms with Crippen LogP contribution in [0.25, 0.3) is 0 Å². The normalized spacial score (nSPS) is 12.6. The average Bonchev–Trinajstić information content (AvgIpc) is 2.85. The van der Waals surface area contributed by atoms with Gasteiger partial charge in [0.1, 0.15) is 0 Å². The summed E-state index contributed by atoms with van der Waals surface area (Å²) in [4.78, 5) is 11.7. The first-order valence-corrected chi connectivity index (χ1v) is 11.4. The van der Waals surface area contributed by atoms with Gasteiger partial charge in [-0.3, -0.25) is 0 Å². The summed E-state index contributed by atoms with van der Waals surface area (Å²) in [6, 6.07) is 15.9. The summed E-state index contributed by atoms with van der Waals surface area (Å²) in [6.07, 6.45) is 3.53. The number of carbonyl (C=O) groups excluding carboxylic acids is 1. The Labute approximate surface area is 197 Å². The lowest BCUT2D eigenvalue weighted by Gasteiger charge is -2.32. The highest BCUT2D eigenvalue weighted by Gasteiger charge is 2.36. The van der Waals surface area contributed by atoms with Gasteiger partial charge in [-0.1, -0.05) is 38.5 Å². The van der Waals surface area contributed by atoms with Crippen LogP contribution in [0.2, 0.25) is 0 Å². The second-order valence-corrected chi connectivity index (χ2v) is 8.46. The van der Waals surface area contributed by atoms with E-state index in [-0.39, 0.29) is 11.9 Å². The summed E-state index contributed by atoms with van der Waals surface area (Å²) in [5, 5.41) is 13.6. The molecule has 2 aromatic rings. The van der Waals surface area contributed by atoms with Gasteiger partial charge in [0.25, 0.3) is 0 Å². The zero-order valence-electron chi connectivity index (χ0n) is 20.4. The lowest BCUT2D eigenvalue weighted by Crippen LogP contribution is -2.31. The number of rotatable bonds is 13. The maximum Gasteiger partial charge on any atom is 0.337 e. The SMILES string of the molecule is COC(=O)c1cccc(CCNCCCCC(C#N)(c2ccc(OC)c(OC)c2)C(C)C)c1. The summed E-state index contributed by atoms with van der Waals surface area (Å²) < 4.78 is 15.6. The Hall–Kier alpha value is -3.04. The Balaban J connectivity index is 1.88. The van der Waals surface area contributed by atoms with E-state index >= 15 is 0 Å². The van der Waals surface area contributed by atoms with E-state index in [2.05, 4.69) is 25.2 Å². The lowest BCUT2D eigenvalue weighted by molar-refractivity contribution is 0.0600. The van der Waals surface area contributed by atoms with E-state index < -0.39 is 5.41 Å². The predicted octanol–water partition coefficient (Wildman–Crippen LogP) is 4.91. The summed E-state index contributed by atoms with van der Waals surface area (Å²) in [5.41, 5.74) is 2.07. The fourth-order valence-corrected chi connectivity index (χ4v) is 4.11. The smallest absolute Gasteiger partial charge is 0.337 e. The lowest BCUT2D eigenvalue weighted by atomic mass is 9.69. The number of ether oxygens (including phenoxy) is 3. The van der Waals surface area contributed by atoms with Gasteiger partial charge in [-0.25, -0.2) is 4.79 Å². The van der Waals surface area contributed by atoms with Crippen LogP contribution in [-0.4, -0.2) is 40.4 Å². The maximum atomic E-state index is 11.7. The van der Waals surface area contributed by atoms with E-state index in [1.165, 1.54) is 7.11 Å². The van der Waals surface area contributed by atoms with Crippen molar-refractivity contribution < 1.29 is 19.0 Å². The monoisotopic (exact) mass is 452 g/mol. The number of hydrogen-bond donors (Lipinski definition) is 1. The van der Waals surface area contributed by atoms with E-state index in [0.717, 1.165) is 49.9 Å². The molecule has 0 bridgehead atoms. The molecule has 0 aliphatic carbocycles. The molecule has 1 unspecified atom stereocenters. The minimum absolute atomic E-state index is 0.163. The second-order valence-electron chi connectivity index (χ2n) is 8.46. The average molecular weight is 453 g/mol. The van der Waals surface area contributed by atoms with Crippen LogP contribution < -0.4 is 14.8 Å². The maximum absolute atomic E-state index is 11.7. The van der Waals surface area contributed by atoms with E-state index in [4.69, 9.17) is 14.2 Å². The Kier molecular flexibility index (Phi) is 10.2. The molecule has 0 saturated carbocycles. The first-order valence-electron chi connectivity index (χ1n) is 11.4. The molecule has 1 atom stereocenters. The highest BCUT2D eigenvalue weighted by atomic mass is 16.5. The molecule has 6 heteroatoms. The molecule has 1 N–H and O–H groups in total. The minimum Gasteiger partial charge on any atom is -0.493 e. The first kappa shape index (κ1) is 26.2. The number of nitriles is 1. The fraction of sp³-hybridized carbons (Fsp3) is 0.481. The van der Waals surface area contributed by atoms with Gasteiger partial charge < -0.3 is 19.5 Å². The summed E-state index contributed by atoms with van der Waals surface area (Å²) in [5.74, 6) is 1.16. The van der Waals surface area contributed by atoms with Crippen molar-refractivity contribution in [1.29, 1.82) is 5.26 Å². The van der Waals surface area contributed by atoms with Gasteiger partial charge in [-0.2, -0.15) is 5.26 Å². The third-order valence-corrected chi connectivity index (χ3v) is 6.20. The molecule has 2 rings (SSSR count). The molecule has 0 spiro atoms. The standard InChI is InChI=1S/C27H36N2O4/c1-20(2)27(19-28,23-11-12-24(31-3)25(18-23)32-4)14-6-7-15-29-16-13-21-9-8-10-22(17-21)26(30)33-5/h8-12,17-18,20,29H,6-7,13-16H2,1-5H3. The number of benzene rings is 2. The third-order valence-electron chi connectivity index (χ3n) is 6.20. The minimum atomic E-state index is -0.576. The van der Waals surface area contributed by atoms with Crippen molar-refractivity contribution >= 4 is 5.97 Å². The van der Waals surface area contributed by atoms with Crippen LogP contribution in [0.15, 0.2) is 42.5 Å².